The molecular weight excluding hydrogens is 244 g/mol. The molecule has 1 atom stereocenters. The summed E-state index contributed by atoms with van der Waals surface area (Å²) in [6.45, 7) is 3.09. The summed E-state index contributed by atoms with van der Waals surface area (Å²) in [5.41, 5.74) is 3.82. The van der Waals surface area contributed by atoms with Crippen LogP contribution in [0.15, 0.2) is 48.7 Å². The minimum atomic E-state index is 0.529. The van der Waals surface area contributed by atoms with E-state index in [1.54, 1.807) is 0 Å². The van der Waals surface area contributed by atoms with Gasteiger partial charge in [-0.15, -0.1) is 0 Å². The maximum atomic E-state index is 4.41. The van der Waals surface area contributed by atoms with Gasteiger partial charge in [-0.1, -0.05) is 36.4 Å². The first-order chi connectivity index (χ1) is 9.81. The molecule has 1 aromatic heterocycles. The van der Waals surface area contributed by atoms with Crippen molar-refractivity contribution >= 4 is 0 Å². The van der Waals surface area contributed by atoms with Crippen LogP contribution in [-0.4, -0.2) is 17.6 Å². The fourth-order valence-corrected chi connectivity index (χ4v) is 2.53. The van der Waals surface area contributed by atoms with Crippen LogP contribution >= 0.6 is 0 Å². The Balaban J connectivity index is 1.72. The van der Waals surface area contributed by atoms with Crippen LogP contribution in [0, 0.1) is 6.92 Å². The lowest BCUT2D eigenvalue weighted by Gasteiger charge is -2.18. The molecule has 2 heteroatoms. The lowest BCUT2D eigenvalue weighted by molar-refractivity contribution is 0.576. The lowest BCUT2D eigenvalue weighted by atomic mass is 9.92. The van der Waals surface area contributed by atoms with Crippen LogP contribution < -0.4 is 5.32 Å². The molecule has 2 aromatic rings. The minimum absolute atomic E-state index is 0.529. The van der Waals surface area contributed by atoms with Crippen LogP contribution in [0.3, 0.4) is 0 Å². The molecule has 1 N–H and O–H groups in total. The smallest absolute Gasteiger partial charge is 0.0372 e. The third-order valence-electron chi connectivity index (χ3n) is 3.96. The Morgan fingerprint density at radius 1 is 1.15 bits per heavy atom. The third kappa shape index (κ3) is 3.67. The molecule has 0 bridgehead atoms. The summed E-state index contributed by atoms with van der Waals surface area (Å²) >= 11 is 0. The van der Waals surface area contributed by atoms with Crippen molar-refractivity contribution in [1.29, 1.82) is 0 Å². The molecule has 0 saturated heterocycles. The first-order valence-corrected chi connectivity index (χ1v) is 7.51. The zero-order valence-corrected chi connectivity index (χ0v) is 12.0. The van der Waals surface area contributed by atoms with Gasteiger partial charge in [-0.05, 0) is 43.4 Å². The average Bonchev–Trinajstić information content (AvgIpc) is 3.31. The Labute approximate surface area is 121 Å². The van der Waals surface area contributed by atoms with Crippen molar-refractivity contribution < 1.29 is 0 Å². The number of hydrogen-bond acceptors (Lipinski definition) is 2. The summed E-state index contributed by atoms with van der Waals surface area (Å²) in [4.78, 5) is 4.41. The van der Waals surface area contributed by atoms with Gasteiger partial charge in [0, 0.05) is 30.4 Å². The molecule has 0 aliphatic heterocycles. The van der Waals surface area contributed by atoms with Gasteiger partial charge in [-0.2, -0.15) is 0 Å². The normalized spacial score (nSPS) is 16.1. The first-order valence-electron chi connectivity index (χ1n) is 7.51. The lowest BCUT2D eigenvalue weighted by Crippen LogP contribution is -2.24. The van der Waals surface area contributed by atoms with Crippen molar-refractivity contribution in [2.45, 2.75) is 38.1 Å². The van der Waals surface area contributed by atoms with Crippen molar-refractivity contribution in [3.05, 3.63) is 65.5 Å². The molecule has 1 aliphatic rings. The highest BCUT2D eigenvalue weighted by atomic mass is 14.9. The summed E-state index contributed by atoms with van der Waals surface area (Å²) < 4.78 is 0. The second kappa shape index (κ2) is 6.19. The Morgan fingerprint density at radius 2 is 1.95 bits per heavy atom. The van der Waals surface area contributed by atoms with Gasteiger partial charge in [0.2, 0.25) is 0 Å². The fraction of sp³-hybridized carbons (Fsp3) is 0.389. The van der Waals surface area contributed by atoms with E-state index in [9.17, 15) is 0 Å². The van der Waals surface area contributed by atoms with Gasteiger partial charge in [-0.3, -0.25) is 4.98 Å². The second-order valence-corrected chi connectivity index (χ2v) is 5.80. The van der Waals surface area contributed by atoms with E-state index < -0.39 is 0 Å². The molecule has 2 nitrogen and oxygen atoms in total. The van der Waals surface area contributed by atoms with Crippen LogP contribution in [0.1, 0.15) is 35.6 Å². The number of aryl methyl sites for hydroxylation is 1. The largest absolute Gasteiger partial charge is 0.313 e. The zero-order chi connectivity index (χ0) is 13.8. The molecule has 20 heavy (non-hydrogen) atoms. The first kappa shape index (κ1) is 13.3. The van der Waals surface area contributed by atoms with Gasteiger partial charge in [0.15, 0.2) is 0 Å². The van der Waals surface area contributed by atoms with Crippen LogP contribution in [0.2, 0.25) is 0 Å². The molecule has 3 rings (SSSR count). The van der Waals surface area contributed by atoms with E-state index in [-0.39, 0.29) is 0 Å². The van der Waals surface area contributed by atoms with E-state index in [1.165, 1.54) is 24.0 Å². The summed E-state index contributed by atoms with van der Waals surface area (Å²) in [5.74, 6) is 0.529. The highest BCUT2D eigenvalue weighted by Crippen LogP contribution is 2.23. The molecule has 1 unspecified atom stereocenters. The van der Waals surface area contributed by atoms with Gasteiger partial charge in [0.25, 0.3) is 0 Å². The maximum absolute atomic E-state index is 4.41. The Bertz CT molecular complexity index is 529. The number of nitrogens with one attached hydrogen (secondary N) is 1. The van der Waals surface area contributed by atoms with Crippen LogP contribution in [0.4, 0.5) is 0 Å². The monoisotopic (exact) mass is 266 g/mol. The Kier molecular flexibility index (Phi) is 4.12. The van der Waals surface area contributed by atoms with Crippen LogP contribution in [-0.2, 0) is 6.42 Å². The average molecular weight is 266 g/mol. The summed E-state index contributed by atoms with van der Waals surface area (Å²) in [6.07, 6.45) is 5.75. The fourth-order valence-electron chi connectivity index (χ4n) is 2.53. The van der Waals surface area contributed by atoms with Crippen LogP contribution in [0.25, 0.3) is 0 Å². The van der Waals surface area contributed by atoms with Crippen LogP contribution in [0.5, 0.6) is 0 Å². The zero-order valence-electron chi connectivity index (χ0n) is 12.0. The molecule has 0 amide bonds. The molecule has 1 aromatic carbocycles. The summed E-state index contributed by atoms with van der Waals surface area (Å²) in [5, 5.41) is 3.67. The summed E-state index contributed by atoms with van der Waals surface area (Å²) in [7, 11) is 0. The second-order valence-electron chi connectivity index (χ2n) is 5.80. The number of benzene rings is 1. The van der Waals surface area contributed by atoms with Gasteiger partial charge in [0.05, 0.1) is 0 Å². The molecule has 1 heterocycles. The van der Waals surface area contributed by atoms with Crippen molar-refractivity contribution in [3.8, 4) is 0 Å². The number of hydrogen-bond donors (Lipinski definition) is 1. The number of nitrogens with zero attached hydrogens (tertiary/aromatic N) is 1. The number of rotatable bonds is 6. The maximum Gasteiger partial charge on any atom is 0.0372 e. The number of aromatic nitrogens is 1. The molecule has 104 valence electrons. The molecule has 0 radical (unpaired) electrons. The molecule has 1 aliphatic carbocycles. The van der Waals surface area contributed by atoms with Gasteiger partial charge in [-0.25, -0.2) is 0 Å². The number of pyridine rings is 1. The predicted molar refractivity (Wildman–Crippen MR) is 82.9 cm³/mol. The topological polar surface area (TPSA) is 24.9 Å². The quantitative estimate of drug-likeness (QED) is 0.866. The van der Waals surface area contributed by atoms with Gasteiger partial charge in [0.1, 0.15) is 0 Å². The molecular formula is C18H22N2. The van der Waals surface area contributed by atoms with E-state index in [2.05, 4.69) is 52.8 Å². The van der Waals surface area contributed by atoms with Crippen molar-refractivity contribution in [3.63, 3.8) is 0 Å². The third-order valence-corrected chi connectivity index (χ3v) is 3.96. The van der Waals surface area contributed by atoms with E-state index in [0.29, 0.717) is 5.92 Å². The van der Waals surface area contributed by atoms with Crippen molar-refractivity contribution in [1.82, 2.24) is 10.3 Å². The van der Waals surface area contributed by atoms with E-state index in [1.807, 2.05) is 13.1 Å². The minimum Gasteiger partial charge on any atom is -0.313 e. The van der Waals surface area contributed by atoms with E-state index in [0.717, 1.165) is 24.7 Å². The van der Waals surface area contributed by atoms with Crippen molar-refractivity contribution in [2.75, 3.05) is 6.54 Å². The SMILES string of the molecule is Cc1ccc(CC(CNC2CC2)c2ccccc2)cn1. The standard InChI is InChI=1S/C18H22N2/c1-14-7-8-15(12-19-14)11-17(13-20-18-9-10-18)16-5-3-2-4-6-16/h2-8,12,17-18,20H,9-11,13H2,1H3. The predicted octanol–water partition coefficient (Wildman–Crippen LogP) is 3.47. The van der Waals surface area contributed by atoms with Gasteiger partial charge >= 0.3 is 0 Å². The van der Waals surface area contributed by atoms with E-state index >= 15 is 0 Å². The Hall–Kier alpha value is -1.67. The highest BCUT2D eigenvalue weighted by molar-refractivity contribution is 5.24. The highest BCUT2D eigenvalue weighted by Gasteiger charge is 2.22. The Morgan fingerprint density at radius 3 is 2.60 bits per heavy atom. The molecule has 0 spiro atoms. The van der Waals surface area contributed by atoms with Gasteiger partial charge < -0.3 is 5.32 Å². The summed E-state index contributed by atoms with van der Waals surface area (Å²) in [6, 6.07) is 15.9. The molecule has 1 saturated carbocycles. The van der Waals surface area contributed by atoms with E-state index in [4.69, 9.17) is 0 Å². The van der Waals surface area contributed by atoms with Crippen molar-refractivity contribution in [2.24, 2.45) is 0 Å². The molecule has 1 fully saturated rings.